The molecule has 0 fully saturated rings. The fourth-order valence-corrected chi connectivity index (χ4v) is 3.88. The van der Waals surface area contributed by atoms with Crippen LogP contribution in [0.25, 0.3) is 33.5 Å². The van der Waals surface area contributed by atoms with Gasteiger partial charge >= 0.3 is 12.0 Å². The average molecular weight is 489 g/mol. The molecule has 0 radical (unpaired) electrons. The van der Waals surface area contributed by atoms with Crippen molar-refractivity contribution in [2.24, 2.45) is 11.5 Å². The summed E-state index contributed by atoms with van der Waals surface area (Å²) in [5.74, 6) is -1.07. The lowest BCUT2D eigenvalue weighted by Gasteiger charge is -2.14. The number of aromatic amines is 1. The van der Waals surface area contributed by atoms with Gasteiger partial charge in [-0.1, -0.05) is 6.07 Å². The zero-order chi connectivity index (χ0) is 26.0. The predicted octanol–water partition coefficient (Wildman–Crippen LogP) is 2.78. The first-order valence-electron chi connectivity index (χ1n) is 10.9. The third kappa shape index (κ3) is 5.04. The molecule has 3 aromatic carbocycles. The molecule has 11 heteroatoms. The van der Waals surface area contributed by atoms with Gasteiger partial charge in [-0.15, -0.1) is 0 Å². The molecule has 0 atom stereocenters. The van der Waals surface area contributed by atoms with Crippen molar-refractivity contribution < 1.29 is 24.9 Å². The number of carbonyl (C=O) groups is 2. The highest BCUT2D eigenvalue weighted by Gasteiger charge is 2.19. The third-order valence-corrected chi connectivity index (χ3v) is 5.66. The van der Waals surface area contributed by atoms with Crippen LogP contribution in [0.1, 0.15) is 23.1 Å². The number of imidazole rings is 1. The minimum atomic E-state index is -0.978. The Morgan fingerprint density at radius 1 is 0.972 bits per heavy atom. The Kier molecular flexibility index (Phi) is 6.46. The molecule has 0 aliphatic carbocycles. The number of phenolic OH excluding ortho intramolecular Hbond substituents is 2. The van der Waals surface area contributed by atoms with Crippen molar-refractivity contribution in [1.82, 2.24) is 15.3 Å². The number of carboxylic acids is 1. The quantitative estimate of drug-likeness (QED) is 0.137. The molecule has 0 aliphatic rings. The van der Waals surface area contributed by atoms with Crippen LogP contribution in [0.5, 0.6) is 11.5 Å². The number of nitrogens with zero attached hydrogens (tertiary/aromatic N) is 1. The maximum atomic E-state index is 11.3. The molecule has 184 valence electrons. The summed E-state index contributed by atoms with van der Waals surface area (Å²) in [6.07, 6.45) is 0.0360. The fourth-order valence-electron chi connectivity index (χ4n) is 3.88. The SMILES string of the molecule is N=C(N)c1ccc2nc(-c3cc(CCC(=O)O)cc(-c4cc(CNC(N)=O)ccc4O)c3O)[nH]c2c1. The van der Waals surface area contributed by atoms with E-state index >= 15 is 0 Å². The second-order valence-electron chi connectivity index (χ2n) is 8.23. The molecule has 2 amide bonds. The number of nitrogens with two attached hydrogens (primary N) is 2. The molecule has 1 aromatic heterocycles. The molecule has 10 N–H and O–H groups in total. The minimum Gasteiger partial charge on any atom is -0.507 e. The van der Waals surface area contributed by atoms with Crippen LogP contribution in [0.2, 0.25) is 0 Å². The maximum absolute atomic E-state index is 11.3. The summed E-state index contributed by atoms with van der Waals surface area (Å²) >= 11 is 0. The zero-order valence-electron chi connectivity index (χ0n) is 19.0. The van der Waals surface area contributed by atoms with Gasteiger partial charge in [0.25, 0.3) is 0 Å². The van der Waals surface area contributed by atoms with Crippen LogP contribution < -0.4 is 16.8 Å². The van der Waals surface area contributed by atoms with Crippen LogP contribution in [0, 0.1) is 5.41 Å². The first-order valence-corrected chi connectivity index (χ1v) is 10.9. The van der Waals surface area contributed by atoms with Gasteiger partial charge < -0.3 is 37.1 Å². The summed E-state index contributed by atoms with van der Waals surface area (Å²) in [6, 6.07) is 12.2. The lowest BCUT2D eigenvalue weighted by atomic mass is 9.94. The number of aromatic hydroxyl groups is 2. The minimum absolute atomic E-state index is 0.102. The Bertz CT molecular complexity index is 1510. The lowest BCUT2D eigenvalue weighted by molar-refractivity contribution is -0.136. The molecule has 0 saturated carbocycles. The molecule has 0 spiro atoms. The molecular formula is C25H24N6O5. The van der Waals surface area contributed by atoms with Crippen LogP contribution >= 0.6 is 0 Å². The Morgan fingerprint density at radius 3 is 2.39 bits per heavy atom. The Balaban J connectivity index is 1.87. The van der Waals surface area contributed by atoms with Crippen LogP contribution in [-0.2, 0) is 17.8 Å². The van der Waals surface area contributed by atoms with E-state index in [0.717, 1.165) is 0 Å². The standard InChI is InChI=1S/C25H24N6O5/c26-23(27)14-3-4-18-19(10-14)31-24(30-18)17-8-12(2-6-21(33)34)7-16(22(17)35)15-9-13(1-5-20(15)32)11-29-25(28)36/h1,3-5,7-10,32,35H,2,6,11H2,(H3,26,27)(H,30,31)(H,33,34)(H3,28,29,36). The summed E-state index contributed by atoms with van der Waals surface area (Å²) in [7, 11) is 0. The van der Waals surface area contributed by atoms with Gasteiger partial charge in [0.1, 0.15) is 23.2 Å². The van der Waals surface area contributed by atoms with Crippen molar-refractivity contribution in [1.29, 1.82) is 5.41 Å². The normalized spacial score (nSPS) is 10.9. The van der Waals surface area contributed by atoms with E-state index in [4.69, 9.17) is 16.9 Å². The number of aryl methyl sites for hydroxylation is 1. The Labute approximate surface area is 204 Å². The number of nitrogen functional groups attached to an aromatic ring is 1. The number of amides is 2. The Morgan fingerprint density at radius 2 is 1.69 bits per heavy atom. The van der Waals surface area contributed by atoms with Crippen molar-refractivity contribution in [2.75, 3.05) is 0 Å². The molecule has 11 nitrogen and oxygen atoms in total. The predicted molar refractivity (Wildman–Crippen MR) is 134 cm³/mol. The van der Waals surface area contributed by atoms with E-state index in [-0.39, 0.29) is 47.8 Å². The summed E-state index contributed by atoms with van der Waals surface area (Å²) in [6.45, 7) is 0.108. The number of amidine groups is 1. The van der Waals surface area contributed by atoms with Crippen molar-refractivity contribution >= 4 is 28.9 Å². The summed E-state index contributed by atoms with van der Waals surface area (Å²) in [4.78, 5) is 29.9. The number of primary amides is 1. The number of benzene rings is 3. The molecular weight excluding hydrogens is 464 g/mol. The van der Waals surface area contributed by atoms with E-state index in [9.17, 15) is 24.9 Å². The van der Waals surface area contributed by atoms with Gasteiger partial charge in [0.15, 0.2) is 0 Å². The maximum Gasteiger partial charge on any atom is 0.312 e. The summed E-state index contributed by atoms with van der Waals surface area (Å²) in [5, 5.41) is 41.1. The first-order chi connectivity index (χ1) is 17.1. The van der Waals surface area contributed by atoms with Gasteiger partial charge in [-0.3, -0.25) is 10.2 Å². The first kappa shape index (κ1) is 24.1. The number of carbonyl (C=O) groups excluding carboxylic acids is 1. The van der Waals surface area contributed by atoms with Crippen molar-refractivity contribution in [3.63, 3.8) is 0 Å². The lowest BCUT2D eigenvalue weighted by Crippen LogP contribution is -2.28. The van der Waals surface area contributed by atoms with Crippen molar-refractivity contribution in [2.45, 2.75) is 19.4 Å². The number of hydrogen-bond acceptors (Lipinski definition) is 6. The molecule has 4 aromatic rings. The molecule has 0 unspecified atom stereocenters. The van der Waals surface area contributed by atoms with Crippen molar-refractivity contribution in [3.8, 4) is 34.0 Å². The topological polar surface area (TPSA) is 211 Å². The van der Waals surface area contributed by atoms with E-state index in [0.29, 0.717) is 39.1 Å². The second kappa shape index (κ2) is 9.66. The fraction of sp³-hybridized carbons (Fsp3) is 0.120. The van der Waals surface area contributed by atoms with Gasteiger partial charge in [-0.25, -0.2) is 9.78 Å². The number of fused-ring (bicyclic) bond motifs is 1. The van der Waals surface area contributed by atoms with Crippen LogP contribution in [0.15, 0.2) is 48.5 Å². The number of hydrogen-bond donors (Lipinski definition) is 8. The van der Waals surface area contributed by atoms with Gasteiger partial charge in [-0.05, 0) is 60.0 Å². The van der Waals surface area contributed by atoms with Gasteiger partial charge in [0.05, 0.1) is 16.6 Å². The van der Waals surface area contributed by atoms with Gasteiger partial charge in [0.2, 0.25) is 0 Å². The van der Waals surface area contributed by atoms with E-state index in [1.165, 1.54) is 6.07 Å². The van der Waals surface area contributed by atoms with Crippen LogP contribution in [-0.4, -0.2) is 43.1 Å². The van der Waals surface area contributed by atoms with E-state index in [1.807, 2.05) is 0 Å². The monoisotopic (exact) mass is 488 g/mol. The van der Waals surface area contributed by atoms with E-state index < -0.39 is 12.0 Å². The molecule has 1 heterocycles. The molecule has 0 bridgehead atoms. The zero-order valence-corrected chi connectivity index (χ0v) is 19.0. The number of nitrogens with one attached hydrogen (secondary N) is 3. The molecule has 36 heavy (non-hydrogen) atoms. The highest BCUT2D eigenvalue weighted by molar-refractivity contribution is 5.98. The van der Waals surface area contributed by atoms with Crippen molar-refractivity contribution in [3.05, 3.63) is 65.2 Å². The summed E-state index contributed by atoms with van der Waals surface area (Å²) < 4.78 is 0. The van der Waals surface area contributed by atoms with Gasteiger partial charge in [-0.2, -0.15) is 0 Å². The van der Waals surface area contributed by atoms with E-state index in [1.54, 1.807) is 42.5 Å². The Hall–Kier alpha value is -5.06. The number of aromatic nitrogens is 2. The van der Waals surface area contributed by atoms with E-state index in [2.05, 4.69) is 15.3 Å². The van der Waals surface area contributed by atoms with Gasteiger partial charge in [0, 0.05) is 29.7 Å². The molecule has 0 aliphatic heterocycles. The average Bonchev–Trinajstić information content (AvgIpc) is 3.26. The number of urea groups is 1. The number of phenols is 2. The second-order valence-corrected chi connectivity index (χ2v) is 8.23. The highest BCUT2D eigenvalue weighted by atomic mass is 16.4. The number of carboxylic acid groups (broad SMARTS) is 1. The molecule has 4 rings (SSSR count). The largest absolute Gasteiger partial charge is 0.507 e. The number of aliphatic carboxylic acids is 1. The molecule has 0 saturated heterocycles. The number of rotatable bonds is 8. The smallest absolute Gasteiger partial charge is 0.312 e. The number of H-pyrrole nitrogens is 1. The van der Waals surface area contributed by atoms with Crippen LogP contribution in [0.3, 0.4) is 0 Å². The highest BCUT2D eigenvalue weighted by Crippen LogP contribution is 2.42. The third-order valence-electron chi connectivity index (χ3n) is 5.66. The van der Waals surface area contributed by atoms with Crippen LogP contribution in [0.4, 0.5) is 4.79 Å². The summed E-state index contributed by atoms with van der Waals surface area (Å²) in [5.41, 5.74) is 14.5.